The van der Waals surface area contributed by atoms with Crippen LogP contribution in [-0.2, 0) is 0 Å². The zero-order valence-corrected chi connectivity index (χ0v) is 16.8. The van der Waals surface area contributed by atoms with E-state index < -0.39 is 0 Å². The van der Waals surface area contributed by atoms with Crippen molar-refractivity contribution in [1.29, 1.82) is 0 Å². The Bertz CT molecular complexity index is 763. The molecule has 2 amide bonds. The highest BCUT2D eigenvalue weighted by Crippen LogP contribution is 2.20. The molecule has 0 aliphatic carbocycles. The summed E-state index contributed by atoms with van der Waals surface area (Å²) in [4.78, 5) is 27.7. The van der Waals surface area contributed by atoms with Gasteiger partial charge in [-0.25, -0.2) is 0 Å². The largest absolute Gasteiger partial charge is 0.350 e. The number of nitrogens with zero attached hydrogens (tertiary/aromatic N) is 1. The molecule has 0 saturated carbocycles. The summed E-state index contributed by atoms with van der Waals surface area (Å²) in [6, 6.07) is 10.6. The SMILES string of the molecule is CC(C)(CNC(=O)c1ccc(NC(=O)c2cccs2)cc1)N1CCCCC1. The van der Waals surface area contributed by atoms with Gasteiger partial charge in [0.15, 0.2) is 0 Å². The van der Waals surface area contributed by atoms with Crippen LogP contribution in [0, 0.1) is 0 Å². The number of anilines is 1. The summed E-state index contributed by atoms with van der Waals surface area (Å²) in [5.74, 6) is -0.221. The molecule has 144 valence electrons. The maximum absolute atomic E-state index is 12.5. The van der Waals surface area contributed by atoms with Crippen molar-refractivity contribution in [2.24, 2.45) is 0 Å². The molecular weight excluding hydrogens is 358 g/mol. The molecule has 2 N–H and O–H groups in total. The summed E-state index contributed by atoms with van der Waals surface area (Å²) in [5.41, 5.74) is 1.22. The first-order valence-corrected chi connectivity index (χ1v) is 10.3. The average Bonchev–Trinajstić information content (AvgIpc) is 3.22. The summed E-state index contributed by atoms with van der Waals surface area (Å²) in [6.07, 6.45) is 3.76. The third kappa shape index (κ3) is 5.17. The van der Waals surface area contributed by atoms with E-state index in [1.165, 1.54) is 30.6 Å². The van der Waals surface area contributed by atoms with Gasteiger partial charge in [0.2, 0.25) is 0 Å². The highest BCUT2D eigenvalue weighted by molar-refractivity contribution is 7.12. The molecule has 0 bridgehead atoms. The third-order valence-electron chi connectivity index (χ3n) is 5.04. The highest BCUT2D eigenvalue weighted by Gasteiger charge is 2.28. The molecular formula is C21H27N3O2S. The minimum atomic E-state index is -0.134. The maximum Gasteiger partial charge on any atom is 0.265 e. The predicted molar refractivity (Wildman–Crippen MR) is 111 cm³/mol. The molecule has 5 nitrogen and oxygen atoms in total. The number of hydrogen-bond donors (Lipinski definition) is 2. The van der Waals surface area contributed by atoms with E-state index in [0.29, 0.717) is 22.7 Å². The van der Waals surface area contributed by atoms with Gasteiger partial charge in [-0.2, -0.15) is 0 Å². The molecule has 1 aromatic heterocycles. The van der Waals surface area contributed by atoms with Crippen molar-refractivity contribution in [2.75, 3.05) is 25.0 Å². The molecule has 2 aromatic rings. The van der Waals surface area contributed by atoms with E-state index in [1.54, 1.807) is 30.3 Å². The van der Waals surface area contributed by atoms with Crippen LogP contribution in [0.25, 0.3) is 0 Å². The fourth-order valence-electron chi connectivity index (χ4n) is 3.32. The van der Waals surface area contributed by atoms with Gasteiger partial charge in [-0.1, -0.05) is 12.5 Å². The molecule has 2 heterocycles. The first kappa shape index (κ1) is 19.6. The molecule has 1 saturated heterocycles. The molecule has 1 aliphatic rings. The maximum atomic E-state index is 12.5. The summed E-state index contributed by atoms with van der Waals surface area (Å²) in [5, 5.41) is 7.76. The number of likely N-dealkylation sites (tertiary alicyclic amines) is 1. The van der Waals surface area contributed by atoms with Crippen LogP contribution in [0.3, 0.4) is 0 Å². The normalized spacial score (nSPS) is 15.3. The lowest BCUT2D eigenvalue weighted by Crippen LogP contribution is -2.53. The predicted octanol–water partition coefficient (Wildman–Crippen LogP) is 3.99. The lowest BCUT2D eigenvalue weighted by molar-refractivity contribution is 0.0797. The number of piperidine rings is 1. The van der Waals surface area contributed by atoms with E-state index in [2.05, 4.69) is 29.4 Å². The van der Waals surface area contributed by atoms with Gasteiger partial charge in [0.1, 0.15) is 0 Å². The summed E-state index contributed by atoms with van der Waals surface area (Å²) in [6.45, 7) is 7.18. The van der Waals surface area contributed by atoms with Crippen LogP contribution in [0.5, 0.6) is 0 Å². The van der Waals surface area contributed by atoms with E-state index in [4.69, 9.17) is 0 Å². The Balaban J connectivity index is 1.53. The molecule has 0 spiro atoms. The van der Waals surface area contributed by atoms with Crippen molar-refractivity contribution in [3.8, 4) is 0 Å². The number of nitrogens with one attached hydrogen (secondary N) is 2. The zero-order chi connectivity index (χ0) is 19.3. The molecule has 27 heavy (non-hydrogen) atoms. The van der Waals surface area contributed by atoms with Gasteiger partial charge in [-0.05, 0) is 75.5 Å². The van der Waals surface area contributed by atoms with Gasteiger partial charge in [0.25, 0.3) is 11.8 Å². The van der Waals surface area contributed by atoms with Crippen molar-refractivity contribution in [3.63, 3.8) is 0 Å². The number of thiophene rings is 1. The Morgan fingerprint density at radius 2 is 1.74 bits per heavy atom. The summed E-state index contributed by atoms with van der Waals surface area (Å²) >= 11 is 1.40. The van der Waals surface area contributed by atoms with Gasteiger partial charge in [0.05, 0.1) is 4.88 Å². The smallest absolute Gasteiger partial charge is 0.265 e. The Morgan fingerprint density at radius 1 is 1.04 bits per heavy atom. The fraction of sp³-hybridized carbons (Fsp3) is 0.429. The van der Waals surface area contributed by atoms with Crippen LogP contribution in [-0.4, -0.2) is 41.9 Å². The molecule has 1 aromatic carbocycles. The van der Waals surface area contributed by atoms with Gasteiger partial charge in [-0.3, -0.25) is 14.5 Å². The highest BCUT2D eigenvalue weighted by atomic mass is 32.1. The van der Waals surface area contributed by atoms with E-state index in [-0.39, 0.29) is 17.4 Å². The molecule has 0 atom stereocenters. The van der Waals surface area contributed by atoms with E-state index >= 15 is 0 Å². The number of carbonyl (C=O) groups is 2. The van der Waals surface area contributed by atoms with Crippen LogP contribution >= 0.6 is 11.3 Å². The van der Waals surface area contributed by atoms with Crippen LogP contribution in [0.1, 0.15) is 53.1 Å². The monoisotopic (exact) mass is 385 g/mol. The lowest BCUT2D eigenvalue weighted by Gasteiger charge is -2.41. The van der Waals surface area contributed by atoms with E-state index in [9.17, 15) is 9.59 Å². The number of rotatable bonds is 6. The van der Waals surface area contributed by atoms with Crippen molar-refractivity contribution in [1.82, 2.24) is 10.2 Å². The Labute approximate surface area is 164 Å². The number of benzene rings is 1. The van der Waals surface area contributed by atoms with Crippen LogP contribution in [0.2, 0.25) is 0 Å². The Hall–Kier alpha value is -2.18. The van der Waals surface area contributed by atoms with Crippen LogP contribution in [0.4, 0.5) is 5.69 Å². The Morgan fingerprint density at radius 3 is 2.37 bits per heavy atom. The third-order valence-corrected chi connectivity index (χ3v) is 5.91. The van der Waals surface area contributed by atoms with Crippen molar-refractivity contribution in [3.05, 3.63) is 52.2 Å². The second kappa shape index (κ2) is 8.67. The number of hydrogen-bond acceptors (Lipinski definition) is 4. The van der Waals surface area contributed by atoms with Gasteiger partial charge < -0.3 is 10.6 Å². The van der Waals surface area contributed by atoms with Crippen molar-refractivity contribution >= 4 is 28.8 Å². The summed E-state index contributed by atoms with van der Waals surface area (Å²) in [7, 11) is 0. The minimum absolute atomic E-state index is 0.0509. The topological polar surface area (TPSA) is 61.4 Å². The number of amides is 2. The first-order valence-electron chi connectivity index (χ1n) is 9.44. The standard InChI is InChI=1S/C21H27N3O2S/c1-21(2,24-12-4-3-5-13-24)15-22-19(25)16-8-10-17(11-9-16)23-20(26)18-7-6-14-27-18/h6-11,14H,3-5,12-13,15H2,1-2H3,(H,22,25)(H,23,26). The summed E-state index contributed by atoms with van der Waals surface area (Å²) < 4.78 is 0. The molecule has 6 heteroatoms. The zero-order valence-electron chi connectivity index (χ0n) is 16.0. The second-order valence-electron chi connectivity index (χ2n) is 7.55. The van der Waals surface area contributed by atoms with Crippen molar-refractivity contribution < 1.29 is 9.59 Å². The van der Waals surface area contributed by atoms with Crippen LogP contribution < -0.4 is 10.6 Å². The van der Waals surface area contributed by atoms with Crippen LogP contribution in [0.15, 0.2) is 41.8 Å². The first-order chi connectivity index (χ1) is 13.0. The van der Waals surface area contributed by atoms with E-state index in [1.807, 2.05) is 11.4 Å². The molecule has 0 radical (unpaired) electrons. The Kier molecular flexibility index (Phi) is 6.29. The fourth-order valence-corrected chi connectivity index (χ4v) is 3.93. The molecule has 3 rings (SSSR count). The lowest BCUT2D eigenvalue weighted by atomic mass is 9.98. The van der Waals surface area contributed by atoms with E-state index in [0.717, 1.165) is 13.1 Å². The van der Waals surface area contributed by atoms with Gasteiger partial charge in [-0.15, -0.1) is 11.3 Å². The van der Waals surface area contributed by atoms with Gasteiger partial charge in [0, 0.05) is 23.3 Å². The average molecular weight is 386 g/mol. The second-order valence-corrected chi connectivity index (χ2v) is 8.50. The molecule has 1 fully saturated rings. The number of carbonyl (C=O) groups excluding carboxylic acids is 2. The molecule has 0 unspecified atom stereocenters. The quantitative estimate of drug-likeness (QED) is 0.790. The van der Waals surface area contributed by atoms with Gasteiger partial charge >= 0.3 is 0 Å². The minimum Gasteiger partial charge on any atom is -0.350 e. The van der Waals surface area contributed by atoms with Crippen molar-refractivity contribution in [2.45, 2.75) is 38.6 Å². The molecule has 1 aliphatic heterocycles.